The van der Waals surface area contributed by atoms with Gasteiger partial charge in [-0.25, -0.2) is 4.79 Å². The van der Waals surface area contributed by atoms with Gasteiger partial charge in [-0.15, -0.1) is 0 Å². The van der Waals surface area contributed by atoms with E-state index in [-0.39, 0.29) is 5.91 Å². The highest BCUT2D eigenvalue weighted by Crippen LogP contribution is 2.13. The summed E-state index contributed by atoms with van der Waals surface area (Å²) in [5.74, 6) is -1.80. The number of rotatable bonds is 22. The molecule has 0 aromatic heterocycles. The number of carboxylic acid groups (broad SMARTS) is 2. The molecule has 0 aliphatic rings. The molecule has 176 valence electrons. The lowest BCUT2D eigenvalue weighted by molar-refractivity contribution is -0.142. The van der Waals surface area contributed by atoms with Gasteiger partial charge in [0.1, 0.15) is 6.04 Å². The quantitative estimate of drug-likeness (QED) is 0.189. The van der Waals surface area contributed by atoms with E-state index in [0.29, 0.717) is 19.3 Å². The average molecular weight is 429 g/mol. The predicted octanol–water partition coefficient (Wildman–Crippen LogP) is 4.49. The average Bonchev–Trinajstić information content (AvgIpc) is 2.70. The zero-order chi connectivity index (χ0) is 22.5. The van der Waals surface area contributed by atoms with E-state index < -0.39 is 18.0 Å². The highest BCUT2D eigenvalue weighted by atomic mass is 16.4. The third kappa shape index (κ3) is 19.7. The maximum absolute atomic E-state index is 12.0. The molecule has 0 saturated heterocycles. The molecule has 4 N–H and O–H groups in total. The Hall–Kier alpha value is -1.63. The van der Waals surface area contributed by atoms with Crippen molar-refractivity contribution in [1.82, 2.24) is 10.6 Å². The monoisotopic (exact) mass is 428 g/mol. The van der Waals surface area contributed by atoms with Crippen molar-refractivity contribution in [2.75, 3.05) is 13.6 Å². The first-order valence-corrected chi connectivity index (χ1v) is 11.9. The second-order valence-corrected chi connectivity index (χ2v) is 8.19. The lowest BCUT2D eigenvalue weighted by atomic mass is 10.0. The van der Waals surface area contributed by atoms with Gasteiger partial charge in [0.2, 0.25) is 5.91 Å². The number of carboxylic acids is 2. The van der Waals surface area contributed by atoms with Crippen molar-refractivity contribution in [2.24, 2.45) is 0 Å². The summed E-state index contributed by atoms with van der Waals surface area (Å²) in [4.78, 5) is 33.6. The van der Waals surface area contributed by atoms with Gasteiger partial charge >= 0.3 is 11.9 Å². The van der Waals surface area contributed by atoms with Crippen molar-refractivity contribution < 1.29 is 24.6 Å². The third-order valence-corrected chi connectivity index (χ3v) is 5.35. The van der Waals surface area contributed by atoms with E-state index in [9.17, 15) is 19.5 Å². The molecule has 0 aromatic rings. The van der Waals surface area contributed by atoms with E-state index >= 15 is 0 Å². The van der Waals surface area contributed by atoms with E-state index in [1.54, 1.807) is 0 Å². The van der Waals surface area contributed by atoms with Crippen LogP contribution in [0.5, 0.6) is 0 Å². The SMILES string of the molecule is CNCCCCC(NC(=O)CCCCCCCCCCCCCCC(=O)O)C(=O)O. The van der Waals surface area contributed by atoms with Crippen molar-refractivity contribution in [3.05, 3.63) is 0 Å². The molecule has 7 nitrogen and oxygen atoms in total. The first-order chi connectivity index (χ1) is 14.5. The molecule has 0 saturated carbocycles. The van der Waals surface area contributed by atoms with Crippen LogP contribution >= 0.6 is 0 Å². The van der Waals surface area contributed by atoms with Crippen LogP contribution in [0.2, 0.25) is 0 Å². The molecular weight excluding hydrogens is 384 g/mol. The van der Waals surface area contributed by atoms with Gasteiger partial charge in [-0.2, -0.15) is 0 Å². The smallest absolute Gasteiger partial charge is 0.326 e. The van der Waals surface area contributed by atoms with Gasteiger partial charge in [0.15, 0.2) is 0 Å². The van der Waals surface area contributed by atoms with Gasteiger partial charge < -0.3 is 20.8 Å². The molecule has 0 fully saturated rings. The summed E-state index contributed by atoms with van der Waals surface area (Å²) in [6, 6.07) is -0.772. The summed E-state index contributed by atoms with van der Waals surface area (Å²) in [6.45, 7) is 0.856. The zero-order valence-corrected chi connectivity index (χ0v) is 18.9. The van der Waals surface area contributed by atoms with Crippen LogP contribution in [0, 0.1) is 0 Å². The van der Waals surface area contributed by atoms with Crippen LogP contribution in [0.4, 0.5) is 0 Å². The van der Waals surface area contributed by atoms with Crippen LogP contribution in [0.25, 0.3) is 0 Å². The molecule has 7 heteroatoms. The topological polar surface area (TPSA) is 116 Å². The number of nitrogens with one attached hydrogen (secondary N) is 2. The molecule has 0 spiro atoms. The minimum Gasteiger partial charge on any atom is -0.481 e. The van der Waals surface area contributed by atoms with Gasteiger partial charge in [0.25, 0.3) is 0 Å². The van der Waals surface area contributed by atoms with Crippen molar-refractivity contribution in [2.45, 2.75) is 115 Å². The summed E-state index contributed by atoms with van der Waals surface area (Å²) in [5, 5.41) is 23.5. The largest absolute Gasteiger partial charge is 0.481 e. The second-order valence-electron chi connectivity index (χ2n) is 8.19. The van der Waals surface area contributed by atoms with E-state index in [1.165, 1.54) is 38.5 Å². The Balaban J connectivity index is 3.48. The van der Waals surface area contributed by atoms with Crippen molar-refractivity contribution >= 4 is 17.8 Å². The van der Waals surface area contributed by atoms with Gasteiger partial charge in [-0.05, 0) is 45.7 Å². The summed E-state index contributed by atoms with van der Waals surface area (Å²) >= 11 is 0. The number of unbranched alkanes of at least 4 members (excludes halogenated alkanes) is 12. The lowest BCUT2D eigenvalue weighted by Crippen LogP contribution is -2.40. The third-order valence-electron chi connectivity index (χ3n) is 5.35. The number of aliphatic carboxylic acids is 2. The molecule has 0 aromatic carbocycles. The maximum atomic E-state index is 12.0. The molecule has 1 amide bonds. The van der Waals surface area contributed by atoms with Crippen LogP contribution < -0.4 is 10.6 Å². The van der Waals surface area contributed by atoms with Crippen molar-refractivity contribution in [1.29, 1.82) is 0 Å². The summed E-state index contributed by atoms with van der Waals surface area (Å²) in [5.41, 5.74) is 0. The Morgan fingerprint density at radius 1 is 0.667 bits per heavy atom. The Morgan fingerprint density at radius 2 is 1.13 bits per heavy atom. The molecule has 0 aliphatic heterocycles. The van der Waals surface area contributed by atoms with Gasteiger partial charge in [-0.1, -0.05) is 64.2 Å². The van der Waals surface area contributed by atoms with E-state index in [2.05, 4.69) is 10.6 Å². The molecule has 0 rings (SSSR count). The van der Waals surface area contributed by atoms with Gasteiger partial charge in [-0.3, -0.25) is 9.59 Å². The Labute approximate surface area is 182 Å². The number of carbonyl (C=O) groups excluding carboxylic acids is 1. The highest BCUT2D eigenvalue weighted by molar-refractivity contribution is 5.83. The van der Waals surface area contributed by atoms with Crippen LogP contribution in [0.3, 0.4) is 0 Å². The Morgan fingerprint density at radius 3 is 1.57 bits per heavy atom. The van der Waals surface area contributed by atoms with Gasteiger partial charge in [0, 0.05) is 12.8 Å². The summed E-state index contributed by atoms with van der Waals surface area (Å²) < 4.78 is 0. The zero-order valence-electron chi connectivity index (χ0n) is 18.9. The Bertz CT molecular complexity index is 457. The first-order valence-electron chi connectivity index (χ1n) is 11.9. The standard InChI is InChI=1S/C23H44N2O5/c1-24-19-15-14-16-20(23(29)30)25-21(26)17-12-10-8-6-4-2-3-5-7-9-11-13-18-22(27)28/h20,24H,2-19H2,1H3,(H,25,26)(H,27,28)(H,29,30). The molecule has 1 unspecified atom stereocenters. The van der Waals surface area contributed by atoms with Crippen LogP contribution in [-0.4, -0.2) is 47.7 Å². The van der Waals surface area contributed by atoms with Crippen LogP contribution in [0.15, 0.2) is 0 Å². The van der Waals surface area contributed by atoms with E-state index in [4.69, 9.17) is 5.11 Å². The fourth-order valence-corrected chi connectivity index (χ4v) is 3.50. The number of amides is 1. The van der Waals surface area contributed by atoms with E-state index in [0.717, 1.165) is 57.9 Å². The minimum absolute atomic E-state index is 0.153. The van der Waals surface area contributed by atoms with Crippen molar-refractivity contribution in [3.63, 3.8) is 0 Å². The van der Waals surface area contributed by atoms with E-state index in [1.807, 2.05) is 7.05 Å². The molecule has 1 atom stereocenters. The number of hydrogen-bond acceptors (Lipinski definition) is 4. The number of hydrogen-bond donors (Lipinski definition) is 4. The lowest BCUT2D eigenvalue weighted by Gasteiger charge is -2.14. The normalized spacial score (nSPS) is 11.9. The molecule has 0 bridgehead atoms. The fourth-order valence-electron chi connectivity index (χ4n) is 3.50. The minimum atomic E-state index is -0.951. The predicted molar refractivity (Wildman–Crippen MR) is 120 cm³/mol. The highest BCUT2D eigenvalue weighted by Gasteiger charge is 2.18. The van der Waals surface area contributed by atoms with Crippen LogP contribution in [-0.2, 0) is 14.4 Å². The maximum Gasteiger partial charge on any atom is 0.326 e. The first kappa shape index (κ1) is 28.4. The van der Waals surface area contributed by atoms with Crippen molar-refractivity contribution in [3.8, 4) is 0 Å². The molecular formula is C23H44N2O5. The van der Waals surface area contributed by atoms with Crippen LogP contribution in [0.1, 0.15) is 109 Å². The Kier molecular flexibility index (Phi) is 19.5. The second kappa shape index (κ2) is 20.6. The van der Waals surface area contributed by atoms with Gasteiger partial charge in [0.05, 0.1) is 0 Å². The molecule has 0 radical (unpaired) electrons. The number of carbonyl (C=O) groups is 3. The summed E-state index contributed by atoms with van der Waals surface area (Å²) in [7, 11) is 1.87. The molecule has 0 heterocycles. The molecule has 0 aliphatic carbocycles. The fraction of sp³-hybridized carbons (Fsp3) is 0.870. The summed E-state index contributed by atoms with van der Waals surface area (Å²) in [6.07, 6.45) is 16.1. The molecule has 30 heavy (non-hydrogen) atoms.